The maximum Gasteiger partial charge on any atom is 0.311 e. The number of methoxy groups -OCH3 is 1. The first kappa shape index (κ1) is 17.8. The van der Waals surface area contributed by atoms with Crippen molar-refractivity contribution in [2.75, 3.05) is 7.11 Å². The molecule has 0 spiro atoms. The van der Waals surface area contributed by atoms with Crippen LogP contribution < -0.4 is 0 Å². The number of carbonyl (C=O) groups excluding carboxylic acids is 1. The second-order valence-electron chi connectivity index (χ2n) is 5.79. The van der Waals surface area contributed by atoms with Crippen LogP contribution in [0.25, 0.3) is 0 Å². The first-order chi connectivity index (χ1) is 11.5. The molecule has 0 aliphatic carbocycles. The highest BCUT2D eigenvalue weighted by molar-refractivity contribution is 5.72. The fourth-order valence-corrected chi connectivity index (χ4v) is 2.82. The van der Waals surface area contributed by atoms with Crippen molar-refractivity contribution in [3.63, 3.8) is 0 Å². The van der Waals surface area contributed by atoms with Gasteiger partial charge in [0.2, 0.25) is 5.60 Å². The van der Waals surface area contributed by atoms with Crippen LogP contribution in [0.4, 0.5) is 0 Å². The average molecular weight is 326 g/mol. The monoisotopic (exact) mass is 326 g/mol. The highest BCUT2D eigenvalue weighted by Gasteiger charge is 2.35. The molecule has 5 nitrogen and oxygen atoms in total. The molecule has 0 aliphatic rings. The number of aromatic nitrogens is 1. The summed E-state index contributed by atoms with van der Waals surface area (Å²) in [6, 6.07) is 12.9. The number of hydrogen-bond acceptors (Lipinski definition) is 4. The quantitative estimate of drug-likeness (QED) is 0.653. The summed E-state index contributed by atoms with van der Waals surface area (Å²) in [4.78, 5) is 11.5. The Morgan fingerprint density at radius 2 is 2.12 bits per heavy atom. The van der Waals surface area contributed by atoms with Crippen LogP contribution in [0, 0.1) is 11.3 Å². The summed E-state index contributed by atoms with van der Waals surface area (Å²) in [7, 11) is 3.06. The number of ether oxygens (including phenoxy) is 1. The molecule has 0 amide bonds. The molecule has 0 saturated carbocycles. The van der Waals surface area contributed by atoms with Crippen LogP contribution in [0.2, 0.25) is 0 Å². The number of nitrogens with zero attached hydrogens (tertiary/aromatic N) is 2. The van der Waals surface area contributed by atoms with Crippen molar-refractivity contribution in [3.8, 4) is 6.07 Å². The zero-order chi connectivity index (χ0) is 17.7. The molecular weight excluding hydrogens is 304 g/mol. The summed E-state index contributed by atoms with van der Waals surface area (Å²) in [6.45, 7) is 2.08. The second-order valence-corrected chi connectivity index (χ2v) is 5.79. The van der Waals surface area contributed by atoms with Crippen molar-refractivity contribution in [1.82, 2.24) is 4.57 Å². The zero-order valence-corrected chi connectivity index (χ0v) is 14.2. The number of hydrogen-bond donors (Lipinski definition) is 1. The first-order valence-corrected chi connectivity index (χ1v) is 7.91. The minimum atomic E-state index is -1.77. The molecule has 1 N–H and O–H groups in total. The lowest BCUT2D eigenvalue weighted by molar-refractivity contribution is -0.139. The molecule has 0 radical (unpaired) electrons. The number of aryl methyl sites for hydroxylation is 1. The van der Waals surface area contributed by atoms with Crippen molar-refractivity contribution in [2.45, 2.75) is 31.8 Å². The Morgan fingerprint density at radius 3 is 2.75 bits per heavy atom. The summed E-state index contributed by atoms with van der Waals surface area (Å²) in [5.74, 6) is -0.367. The number of carbonyl (C=O) groups is 1. The molecule has 0 bridgehead atoms. The fourth-order valence-electron chi connectivity index (χ4n) is 2.82. The number of aliphatic hydroxyl groups is 1. The third-order valence-electron chi connectivity index (χ3n) is 4.19. The van der Waals surface area contributed by atoms with Gasteiger partial charge in [-0.05, 0) is 24.1 Å². The van der Waals surface area contributed by atoms with Gasteiger partial charge in [0.05, 0.1) is 19.2 Å². The van der Waals surface area contributed by atoms with Gasteiger partial charge >= 0.3 is 5.97 Å². The molecule has 1 aromatic carbocycles. The molecule has 0 aliphatic heterocycles. The molecule has 1 atom stereocenters. The summed E-state index contributed by atoms with van der Waals surface area (Å²) in [5, 5.41) is 20.7. The Kier molecular flexibility index (Phi) is 5.42. The van der Waals surface area contributed by atoms with E-state index in [1.54, 1.807) is 29.8 Å². The van der Waals surface area contributed by atoms with Crippen LogP contribution in [0.3, 0.4) is 0 Å². The molecule has 0 fully saturated rings. The SMILES string of the molecule is CCCc1cccc(C(O)(C#N)c2ccc(CC(=O)OC)n2C)c1. The van der Waals surface area contributed by atoms with E-state index in [0.29, 0.717) is 17.0 Å². The van der Waals surface area contributed by atoms with Gasteiger partial charge in [0.25, 0.3) is 0 Å². The first-order valence-electron chi connectivity index (χ1n) is 7.91. The lowest BCUT2D eigenvalue weighted by Gasteiger charge is -2.23. The maximum absolute atomic E-state index is 11.5. The van der Waals surface area contributed by atoms with E-state index >= 15 is 0 Å². The molecule has 1 unspecified atom stereocenters. The Labute approximate surface area is 142 Å². The van der Waals surface area contributed by atoms with Gasteiger partial charge in [0.1, 0.15) is 6.07 Å². The summed E-state index contributed by atoms with van der Waals surface area (Å²) >= 11 is 0. The summed E-state index contributed by atoms with van der Waals surface area (Å²) in [5.41, 5.74) is 0.939. The maximum atomic E-state index is 11.5. The number of rotatable bonds is 6. The van der Waals surface area contributed by atoms with Crippen molar-refractivity contribution in [1.29, 1.82) is 5.26 Å². The van der Waals surface area contributed by atoms with Crippen LogP contribution in [0.15, 0.2) is 36.4 Å². The van der Waals surface area contributed by atoms with Gasteiger partial charge in [-0.2, -0.15) is 5.26 Å². The third kappa shape index (κ3) is 3.34. The molecular formula is C19H22N2O3. The van der Waals surface area contributed by atoms with Gasteiger partial charge in [0, 0.05) is 18.3 Å². The van der Waals surface area contributed by atoms with Crippen molar-refractivity contribution < 1.29 is 14.6 Å². The van der Waals surface area contributed by atoms with E-state index in [4.69, 9.17) is 0 Å². The molecule has 1 aromatic heterocycles. The fraction of sp³-hybridized carbons (Fsp3) is 0.368. The van der Waals surface area contributed by atoms with E-state index in [0.717, 1.165) is 18.4 Å². The van der Waals surface area contributed by atoms with Gasteiger partial charge in [-0.15, -0.1) is 0 Å². The standard InChI is InChI=1S/C19H22N2O3/c1-4-6-14-7-5-8-15(11-14)19(23,13-20)17-10-9-16(21(17)2)12-18(22)24-3/h5,7-11,23H,4,6,12H2,1-3H3. The van der Waals surface area contributed by atoms with E-state index < -0.39 is 5.60 Å². The lowest BCUT2D eigenvalue weighted by Crippen LogP contribution is -2.28. The van der Waals surface area contributed by atoms with Crippen LogP contribution in [-0.2, 0) is 35.0 Å². The molecule has 0 saturated heterocycles. The summed E-state index contributed by atoms with van der Waals surface area (Å²) < 4.78 is 6.35. The number of benzene rings is 1. The van der Waals surface area contributed by atoms with Gasteiger partial charge < -0.3 is 14.4 Å². The van der Waals surface area contributed by atoms with Crippen molar-refractivity contribution in [3.05, 3.63) is 58.9 Å². The second kappa shape index (κ2) is 7.33. The highest BCUT2D eigenvalue weighted by atomic mass is 16.5. The van der Waals surface area contributed by atoms with Crippen molar-refractivity contribution >= 4 is 5.97 Å². The minimum absolute atomic E-state index is 0.0877. The topological polar surface area (TPSA) is 75.2 Å². The Bertz CT molecular complexity index is 773. The van der Waals surface area contributed by atoms with Crippen molar-refractivity contribution in [2.24, 2.45) is 7.05 Å². The van der Waals surface area contributed by atoms with E-state index in [-0.39, 0.29) is 12.4 Å². The van der Waals surface area contributed by atoms with Crippen LogP contribution >= 0.6 is 0 Å². The molecule has 1 heterocycles. The largest absolute Gasteiger partial charge is 0.469 e. The smallest absolute Gasteiger partial charge is 0.311 e. The molecule has 126 valence electrons. The van der Waals surface area contributed by atoms with E-state index in [1.165, 1.54) is 7.11 Å². The van der Waals surface area contributed by atoms with Crippen LogP contribution in [-0.4, -0.2) is 22.8 Å². The lowest BCUT2D eigenvalue weighted by atomic mass is 9.90. The van der Waals surface area contributed by atoms with Crippen LogP contribution in [0.1, 0.15) is 35.9 Å². The zero-order valence-electron chi connectivity index (χ0n) is 14.2. The Balaban J connectivity index is 2.45. The Morgan fingerprint density at radius 1 is 1.38 bits per heavy atom. The van der Waals surface area contributed by atoms with E-state index in [9.17, 15) is 15.2 Å². The van der Waals surface area contributed by atoms with Gasteiger partial charge in [-0.25, -0.2) is 0 Å². The van der Waals surface area contributed by atoms with Crippen LogP contribution in [0.5, 0.6) is 0 Å². The molecule has 2 rings (SSSR count). The van der Waals surface area contributed by atoms with E-state index in [1.807, 2.05) is 24.3 Å². The minimum Gasteiger partial charge on any atom is -0.469 e. The van der Waals surface area contributed by atoms with Gasteiger partial charge in [-0.3, -0.25) is 4.79 Å². The normalized spacial score (nSPS) is 13.1. The highest BCUT2D eigenvalue weighted by Crippen LogP contribution is 2.31. The molecule has 5 heteroatoms. The predicted molar refractivity (Wildman–Crippen MR) is 90.2 cm³/mol. The number of nitriles is 1. The predicted octanol–water partition coefficient (Wildman–Crippen LogP) is 2.45. The summed E-state index contributed by atoms with van der Waals surface area (Å²) in [6.07, 6.45) is 1.96. The van der Waals surface area contributed by atoms with E-state index in [2.05, 4.69) is 11.7 Å². The van der Waals surface area contributed by atoms with Gasteiger partial charge in [0.15, 0.2) is 0 Å². The molecule has 2 aromatic rings. The molecule has 24 heavy (non-hydrogen) atoms. The number of esters is 1. The third-order valence-corrected chi connectivity index (χ3v) is 4.19. The Hall–Kier alpha value is -2.58. The average Bonchev–Trinajstić information content (AvgIpc) is 2.95. The van der Waals surface area contributed by atoms with Gasteiger partial charge in [-0.1, -0.05) is 37.6 Å².